The number of hydrogen-bond donors (Lipinski definition) is 1. The maximum atomic E-state index is 12.4. The number of hydrogen-bond acceptors (Lipinski definition) is 5. The van der Waals surface area contributed by atoms with Crippen molar-refractivity contribution in [2.45, 2.75) is 38.1 Å². The van der Waals surface area contributed by atoms with E-state index in [0.29, 0.717) is 42.9 Å². The van der Waals surface area contributed by atoms with Crippen LogP contribution in [0.5, 0.6) is 0 Å². The fourth-order valence-corrected chi connectivity index (χ4v) is 6.14. The van der Waals surface area contributed by atoms with Crippen molar-refractivity contribution >= 4 is 27.4 Å². The van der Waals surface area contributed by atoms with Gasteiger partial charge in [0.1, 0.15) is 5.71 Å². The molecule has 25 heavy (non-hydrogen) atoms. The van der Waals surface area contributed by atoms with Gasteiger partial charge in [-0.15, -0.1) is 0 Å². The maximum absolute atomic E-state index is 12.4. The number of hydrazone groups is 1. The van der Waals surface area contributed by atoms with Crippen LogP contribution in [0.25, 0.3) is 0 Å². The lowest BCUT2D eigenvalue weighted by molar-refractivity contribution is -0.133. The molecule has 7 nitrogen and oxygen atoms in total. The molecule has 0 aromatic heterocycles. The highest BCUT2D eigenvalue weighted by Crippen LogP contribution is 2.42. The highest BCUT2D eigenvalue weighted by atomic mass is 32.2. The summed E-state index contributed by atoms with van der Waals surface area (Å²) in [5.74, 6) is 1.31. The van der Waals surface area contributed by atoms with Crippen LogP contribution in [0.15, 0.2) is 17.3 Å². The molecule has 8 heteroatoms. The molecule has 2 aliphatic heterocycles. The molecular weight excluding hydrogens is 342 g/mol. The molecule has 0 aromatic carbocycles. The fraction of sp³-hybridized carbons (Fsp3) is 0.706. The molecule has 4 rings (SSSR count). The standard InChI is InChI=1S/C17H23N3O4S/c21-16-4-3-15(19-20(16)14-5-6-25(23,24)10-14)17(22)18-9-13-8-11-1-2-12(13)7-11/h1-2,11-14H,3-10H2,(H,18,22). The molecule has 2 heterocycles. The summed E-state index contributed by atoms with van der Waals surface area (Å²) >= 11 is 0. The van der Waals surface area contributed by atoms with Gasteiger partial charge in [-0.05, 0) is 37.0 Å². The molecule has 2 aliphatic carbocycles. The molecule has 2 fully saturated rings. The minimum Gasteiger partial charge on any atom is -0.351 e. The van der Waals surface area contributed by atoms with Crippen molar-refractivity contribution in [2.75, 3.05) is 18.1 Å². The smallest absolute Gasteiger partial charge is 0.267 e. The molecule has 4 unspecified atom stereocenters. The number of nitrogens with zero attached hydrogens (tertiary/aromatic N) is 2. The van der Waals surface area contributed by atoms with E-state index in [9.17, 15) is 18.0 Å². The molecule has 0 spiro atoms. The van der Waals surface area contributed by atoms with E-state index in [1.807, 2.05) is 0 Å². The molecule has 2 bridgehead atoms. The summed E-state index contributed by atoms with van der Waals surface area (Å²) in [4.78, 5) is 24.5. The summed E-state index contributed by atoms with van der Waals surface area (Å²) in [7, 11) is -3.10. The Morgan fingerprint density at radius 2 is 2.12 bits per heavy atom. The van der Waals surface area contributed by atoms with Crippen LogP contribution in [0.1, 0.15) is 32.1 Å². The van der Waals surface area contributed by atoms with E-state index in [-0.39, 0.29) is 29.7 Å². The van der Waals surface area contributed by atoms with Gasteiger partial charge in [0.05, 0.1) is 17.5 Å². The molecule has 1 N–H and O–H groups in total. The molecule has 136 valence electrons. The predicted octanol–water partition coefficient (Wildman–Crippen LogP) is 0.480. The third-order valence-electron chi connectivity index (χ3n) is 5.82. The number of carbonyl (C=O) groups is 2. The summed E-state index contributed by atoms with van der Waals surface area (Å²) in [6.07, 6.45) is 7.76. The Morgan fingerprint density at radius 1 is 1.28 bits per heavy atom. The van der Waals surface area contributed by atoms with E-state index in [0.717, 1.165) is 6.42 Å². The first-order valence-electron chi connectivity index (χ1n) is 8.98. The Hall–Kier alpha value is -1.70. The number of carbonyl (C=O) groups excluding carboxylic acids is 2. The number of amides is 2. The second-order valence-electron chi connectivity index (χ2n) is 7.59. The molecule has 1 saturated heterocycles. The Labute approximate surface area is 147 Å². The van der Waals surface area contributed by atoms with Crippen LogP contribution in [-0.4, -0.2) is 55.0 Å². The molecule has 2 amide bonds. The summed E-state index contributed by atoms with van der Waals surface area (Å²) in [5.41, 5.74) is 0.336. The van der Waals surface area contributed by atoms with E-state index < -0.39 is 15.9 Å². The van der Waals surface area contributed by atoms with Crippen molar-refractivity contribution in [2.24, 2.45) is 22.9 Å². The number of sulfone groups is 1. The van der Waals surface area contributed by atoms with Gasteiger partial charge in [0, 0.05) is 19.4 Å². The largest absolute Gasteiger partial charge is 0.351 e. The summed E-state index contributed by atoms with van der Waals surface area (Å²) in [6.45, 7) is 0.634. The molecule has 4 aliphatic rings. The van der Waals surface area contributed by atoms with Crippen LogP contribution in [0.4, 0.5) is 0 Å². The normalized spacial score (nSPS) is 35.9. The van der Waals surface area contributed by atoms with Crippen molar-refractivity contribution < 1.29 is 18.0 Å². The Bertz CT molecular complexity index is 758. The molecule has 4 atom stereocenters. The van der Waals surface area contributed by atoms with Crippen molar-refractivity contribution in [3.05, 3.63) is 12.2 Å². The Morgan fingerprint density at radius 3 is 2.76 bits per heavy atom. The SMILES string of the molecule is O=C(NCC1CC2C=CC1C2)C1=NN(C2CCS(=O)(=O)C2)C(=O)CC1. The van der Waals surface area contributed by atoms with Gasteiger partial charge in [0.25, 0.3) is 5.91 Å². The first-order chi connectivity index (χ1) is 11.9. The van der Waals surface area contributed by atoms with Gasteiger partial charge < -0.3 is 5.32 Å². The second-order valence-corrected chi connectivity index (χ2v) is 9.82. The van der Waals surface area contributed by atoms with Crippen molar-refractivity contribution in [3.63, 3.8) is 0 Å². The monoisotopic (exact) mass is 365 g/mol. The van der Waals surface area contributed by atoms with Gasteiger partial charge >= 0.3 is 0 Å². The Kier molecular flexibility index (Phi) is 4.17. The van der Waals surface area contributed by atoms with Crippen LogP contribution < -0.4 is 5.32 Å². The van der Waals surface area contributed by atoms with Gasteiger partial charge in [-0.3, -0.25) is 9.59 Å². The zero-order chi connectivity index (χ0) is 17.6. The van der Waals surface area contributed by atoms with Gasteiger partial charge in [-0.2, -0.15) is 5.10 Å². The molecule has 0 radical (unpaired) electrons. The first kappa shape index (κ1) is 16.8. The third-order valence-corrected chi connectivity index (χ3v) is 7.57. The van der Waals surface area contributed by atoms with Crippen LogP contribution in [-0.2, 0) is 19.4 Å². The lowest BCUT2D eigenvalue weighted by atomic mass is 9.93. The van der Waals surface area contributed by atoms with Crippen molar-refractivity contribution in [3.8, 4) is 0 Å². The maximum Gasteiger partial charge on any atom is 0.267 e. The van der Waals surface area contributed by atoms with Crippen LogP contribution >= 0.6 is 0 Å². The van der Waals surface area contributed by atoms with E-state index >= 15 is 0 Å². The lowest BCUT2D eigenvalue weighted by Crippen LogP contribution is -2.44. The quantitative estimate of drug-likeness (QED) is 0.733. The van der Waals surface area contributed by atoms with E-state index in [1.165, 1.54) is 11.4 Å². The summed E-state index contributed by atoms with van der Waals surface area (Å²) < 4.78 is 23.3. The topological polar surface area (TPSA) is 95.9 Å². The number of rotatable bonds is 4. The van der Waals surface area contributed by atoms with E-state index in [4.69, 9.17) is 0 Å². The minimum absolute atomic E-state index is 0.0609. The van der Waals surface area contributed by atoms with Crippen LogP contribution in [0.3, 0.4) is 0 Å². The molecule has 1 saturated carbocycles. The second kappa shape index (κ2) is 6.23. The average Bonchev–Trinajstić information content (AvgIpc) is 3.28. The van der Waals surface area contributed by atoms with Crippen LogP contribution in [0.2, 0.25) is 0 Å². The van der Waals surface area contributed by atoms with Gasteiger partial charge in [-0.25, -0.2) is 13.4 Å². The highest BCUT2D eigenvalue weighted by molar-refractivity contribution is 7.91. The number of allylic oxidation sites excluding steroid dienone is 2. The molecular formula is C17H23N3O4S. The minimum atomic E-state index is -3.10. The van der Waals surface area contributed by atoms with Crippen molar-refractivity contribution in [1.29, 1.82) is 0 Å². The van der Waals surface area contributed by atoms with Gasteiger partial charge in [-0.1, -0.05) is 12.2 Å². The first-order valence-corrected chi connectivity index (χ1v) is 10.8. The molecule has 0 aromatic rings. The lowest BCUT2D eigenvalue weighted by Gasteiger charge is -2.28. The van der Waals surface area contributed by atoms with Gasteiger partial charge in [0.15, 0.2) is 9.84 Å². The predicted molar refractivity (Wildman–Crippen MR) is 92.4 cm³/mol. The van der Waals surface area contributed by atoms with Crippen LogP contribution in [0, 0.1) is 17.8 Å². The summed E-state index contributed by atoms with van der Waals surface area (Å²) in [6, 6.07) is -0.434. The highest BCUT2D eigenvalue weighted by Gasteiger charge is 2.38. The zero-order valence-electron chi connectivity index (χ0n) is 14.1. The number of fused-ring (bicyclic) bond motifs is 2. The Balaban J connectivity index is 1.39. The third kappa shape index (κ3) is 3.36. The number of nitrogens with one attached hydrogen (secondary N) is 1. The fourth-order valence-electron chi connectivity index (χ4n) is 4.44. The van der Waals surface area contributed by atoms with Crippen molar-refractivity contribution in [1.82, 2.24) is 10.3 Å². The zero-order valence-corrected chi connectivity index (χ0v) is 14.9. The van der Waals surface area contributed by atoms with E-state index in [1.54, 1.807) is 0 Å². The van der Waals surface area contributed by atoms with Gasteiger partial charge in [0.2, 0.25) is 5.91 Å². The van der Waals surface area contributed by atoms with E-state index in [2.05, 4.69) is 22.6 Å². The summed E-state index contributed by atoms with van der Waals surface area (Å²) in [5, 5.41) is 8.41. The average molecular weight is 365 g/mol.